The van der Waals surface area contributed by atoms with Crippen LogP contribution in [0.1, 0.15) is 5.56 Å². The molecule has 2 heterocycles. The maximum absolute atomic E-state index is 13.3. The molecule has 11 heteroatoms. The third kappa shape index (κ3) is 5.42. The minimum absolute atomic E-state index is 0.00909. The second kappa shape index (κ2) is 10.2. The molecule has 33 heavy (non-hydrogen) atoms. The highest BCUT2D eigenvalue weighted by molar-refractivity contribution is 8.14. The predicted octanol–water partition coefficient (Wildman–Crippen LogP) is 2.49. The number of carbonyl (C=O) groups is 3. The lowest BCUT2D eigenvalue weighted by atomic mass is 10.2. The van der Waals surface area contributed by atoms with Gasteiger partial charge in [-0.3, -0.25) is 28.6 Å². The first-order valence-electron chi connectivity index (χ1n) is 10.0. The van der Waals surface area contributed by atoms with Crippen LogP contribution in [0.3, 0.4) is 0 Å². The van der Waals surface area contributed by atoms with E-state index in [4.69, 9.17) is 0 Å². The van der Waals surface area contributed by atoms with Gasteiger partial charge in [0.25, 0.3) is 10.8 Å². The molecule has 0 radical (unpaired) electrons. The number of carbonyl (C=O) groups excluding carboxylic acids is 3. The maximum atomic E-state index is 13.3. The number of aromatic nitrogens is 2. The molecule has 0 bridgehead atoms. The number of nitrogens with zero attached hydrogens (tertiary/aromatic N) is 3. The van der Waals surface area contributed by atoms with Crippen molar-refractivity contribution in [3.63, 3.8) is 0 Å². The van der Waals surface area contributed by atoms with Crippen LogP contribution < -0.4 is 10.9 Å². The molecule has 4 rings (SSSR count). The van der Waals surface area contributed by atoms with Crippen molar-refractivity contribution in [2.24, 2.45) is 0 Å². The number of hydrogen-bond acceptors (Lipinski definition) is 7. The molecule has 1 aliphatic heterocycles. The van der Waals surface area contributed by atoms with Crippen LogP contribution in [0, 0.1) is 5.82 Å². The highest BCUT2D eigenvalue weighted by atomic mass is 32.2. The summed E-state index contributed by atoms with van der Waals surface area (Å²) < 4.78 is 14.7. The molecular weight excluding hydrogens is 467 g/mol. The molecule has 8 nitrogen and oxygen atoms in total. The Morgan fingerprint density at radius 2 is 1.88 bits per heavy atom. The summed E-state index contributed by atoms with van der Waals surface area (Å²) in [4.78, 5) is 54.3. The smallest absolute Gasteiger partial charge is 0.288 e. The van der Waals surface area contributed by atoms with Crippen LogP contribution in [-0.2, 0) is 16.1 Å². The third-order valence-corrected chi connectivity index (χ3v) is 6.75. The van der Waals surface area contributed by atoms with Crippen molar-refractivity contribution in [3.8, 4) is 0 Å². The van der Waals surface area contributed by atoms with Crippen molar-refractivity contribution in [3.05, 3.63) is 70.3 Å². The molecule has 1 aromatic heterocycles. The standard InChI is InChI=1S/C22H19FN4O4S2/c23-15-7-5-14(6-8-15)11-27-20(30)16-3-1-2-4-17(16)25-21(27)32-12-18(28)24-9-10-26-19(29)13-33-22(26)31/h1-8H,9-13H2,(H,24,28). The predicted molar refractivity (Wildman–Crippen MR) is 125 cm³/mol. The summed E-state index contributed by atoms with van der Waals surface area (Å²) in [5.74, 6) is -0.835. The fourth-order valence-electron chi connectivity index (χ4n) is 3.26. The zero-order valence-corrected chi connectivity index (χ0v) is 19.0. The number of fused-ring (bicyclic) bond motifs is 1. The van der Waals surface area contributed by atoms with Crippen LogP contribution in [0.15, 0.2) is 58.5 Å². The molecule has 3 amide bonds. The first kappa shape index (κ1) is 23.0. The largest absolute Gasteiger partial charge is 0.354 e. The van der Waals surface area contributed by atoms with Crippen molar-refractivity contribution in [1.82, 2.24) is 19.8 Å². The summed E-state index contributed by atoms with van der Waals surface area (Å²) >= 11 is 2.05. The number of para-hydroxylation sites is 1. The summed E-state index contributed by atoms with van der Waals surface area (Å²) in [6.07, 6.45) is 0. The van der Waals surface area contributed by atoms with E-state index in [9.17, 15) is 23.6 Å². The average Bonchev–Trinajstić information content (AvgIpc) is 3.13. The normalized spacial score (nSPS) is 13.7. The van der Waals surface area contributed by atoms with Gasteiger partial charge in [0.15, 0.2) is 5.16 Å². The van der Waals surface area contributed by atoms with Crippen LogP contribution in [0.5, 0.6) is 0 Å². The quantitative estimate of drug-likeness (QED) is 0.386. The van der Waals surface area contributed by atoms with Crippen LogP contribution >= 0.6 is 23.5 Å². The Bertz CT molecular complexity index is 1260. The lowest BCUT2D eigenvalue weighted by Crippen LogP contribution is -2.38. The monoisotopic (exact) mass is 486 g/mol. The third-order valence-electron chi connectivity index (χ3n) is 4.91. The van der Waals surface area contributed by atoms with Gasteiger partial charge >= 0.3 is 0 Å². The van der Waals surface area contributed by atoms with Crippen molar-refractivity contribution in [2.75, 3.05) is 24.6 Å². The number of benzene rings is 2. The number of halogens is 1. The molecule has 1 aliphatic rings. The Morgan fingerprint density at radius 1 is 1.12 bits per heavy atom. The average molecular weight is 487 g/mol. The fraction of sp³-hybridized carbons (Fsp3) is 0.227. The van der Waals surface area contributed by atoms with Gasteiger partial charge in [0.05, 0.1) is 29.0 Å². The fourth-order valence-corrected chi connectivity index (χ4v) is 4.84. The number of hydrogen-bond donors (Lipinski definition) is 1. The van der Waals surface area contributed by atoms with Gasteiger partial charge in [0.2, 0.25) is 11.8 Å². The van der Waals surface area contributed by atoms with Crippen LogP contribution in [0.2, 0.25) is 0 Å². The topological polar surface area (TPSA) is 101 Å². The van der Waals surface area contributed by atoms with Gasteiger partial charge in [-0.05, 0) is 29.8 Å². The molecular formula is C22H19FN4O4S2. The van der Waals surface area contributed by atoms with E-state index in [1.54, 1.807) is 36.4 Å². The van der Waals surface area contributed by atoms with E-state index in [-0.39, 0.29) is 59.6 Å². The lowest BCUT2D eigenvalue weighted by Gasteiger charge is -2.14. The highest BCUT2D eigenvalue weighted by Gasteiger charge is 2.29. The van der Waals surface area contributed by atoms with Crippen LogP contribution in [0.4, 0.5) is 9.18 Å². The Balaban J connectivity index is 1.47. The number of thioether (sulfide) groups is 2. The number of imide groups is 1. The molecule has 170 valence electrons. The first-order chi connectivity index (χ1) is 15.9. The minimum atomic E-state index is -0.370. The molecule has 0 unspecified atom stereocenters. The molecule has 0 saturated carbocycles. The van der Waals surface area contributed by atoms with E-state index in [1.165, 1.54) is 16.7 Å². The van der Waals surface area contributed by atoms with E-state index < -0.39 is 0 Å². The van der Waals surface area contributed by atoms with Gasteiger partial charge < -0.3 is 5.32 Å². The molecule has 2 aromatic carbocycles. The SMILES string of the molecule is O=C(CSc1nc2ccccc2c(=O)n1Cc1ccc(F)cc1)NCCN1C(=O)CSC1=O. The van der Waals surface area contributed by atoms with E-state index >= 15 is 0 Å². The molecule has 0 spiro atoms. The summed E-state index contributed by atoms with van der Waals surface area (Å²) in [6, 6.07) is 12.8. The second-order valence-electron chi connectivity index (χ2n) is 7.17. The Hall–Kier alpha value is -3.18. The van der Waals surface area contributed by atoms with Gasteiger partial charge in [-0.25, -0.2) is 9.37 Å². The van der Waals surface area contributed by atoms with Gasteiger partial charge in [-0.1, -0.05) is 47.8 Å². The van der Waals surface area contributed by atoms with E-state index in [1.807, 2.05) is 0 Å². The van der Waals surface area contributed by atoms with Gasteiger partial charge in [0.1, 0.15) is 5.82 Å². The molecule has 1 N–H and O–H groups in total. The Morgan fingerprint density at radius 3 is 2.61 bits per heavy atom. The molecule has 0 atom stereocenters. The van der Waals surface area contributed by atoms with Gasteiger partial charge in [0, 0.05) is 13.1 Å². The zero-order chi connectivity index (χ0) is 23.4. The Kier molecular flexibility index (Phi) is 7.09. The van der Waals surface area contributed by atoms with Crippen LogP contribution in [0.25, 0.3) is 10.9 Å². The second-order valence-corrected chi connectivity index (χ2v) is 9.04. The Labute approximate surface area is 196 Å². The molecule has 1 saturated heterocycles. The van der Waals surface area contributed by atoms with E-state index in [2.05, 4.69) is 10.3 Å². The van der Waals surface area contributed by atoms with Crippen molar-refractivity contribution >= 4 is 51.5 Å². The molecule has 1 fully saturated rings. The lowest BCUT2D eigenvalue weighted by molar-refractivity contribution is -0.125. The maximum Gasteiger partial charge on any atom is 0.288 e. The summed E-state index contributed by atoms with van der Waals surface area (Å²) in [6.45, 7) is 0.438. The molecule has 0 aliphatic carbocycles. The van der Waals surface area contributed by atoms with Gasteiger partial charge in [-0.15, -0.1) is 0 Å². The van der Waals surface area contributed by atoms with E-state index in [0.717, 1.165) is 34.0 Å². The van der Waals surface area contributed by atoms with Crippen molar-refractivity contribution in [1.29, 1.82) is 0 Å². The van der Waals surface area contributed by atoms with Crippen LogP contribution in [-0.4, -0.2) is 56.1 Å². The van der Waals surface area contributed by atoms with E-state index in [0.29, 0.717) is 16.1 Å². The zero-order valence-electron chi connectivity index (χ0n) is 17.3. The summed E-state index contributed by atoms with van der Waals surface area (Å²) in [5, 5.41) is 3.18. The highest BCUT2D eigenvalue weighted by Crippen LogP contribution is 2.20. The number of nitrogens with one attached hydrogen (secondary N) is 1. The number of amides is 3. The van der Waals surface area contributed by atoms with Crippen molar-refractivity contribution < 1.29 is 18.8 Å². The minimum Gasteiger partial charge on any atom is -0.354 e. The molecule has 3 aromatic rings. The summed E-state index contributed by atoms with van der Waals surface area (Å²) in [5.41, 5.74) is 0.986. The first-order valence-corrected chi connectivity index (χ1v) is 12.0. The summed E-state index contributed by atoms with van der Waals surface area (Å²) in [7, 11) is 0. The van der Waals surface area contributed by atoms with Crippen molar-refractivity contribution in [2.45, 2.75) is 11.7 Å². The van der Waals surface area contributed by atoms with Gasteiger partial charge in [-0.2, -0.15) is 0 Å². The number of rotatable bonds is 8.